The van der Waals surface area contributed by atoms with E-state index >= 15 is 0 Å². The zero-order valence-electron chi connectivity index (χ0n) is 9.06. The van der Waals surface area contributed by atoms with Gasteiger partial charge in [-0.15, -0.1) is 0 Å². The van der Waals surface area contributed by atoms with Crippen LogP contribution in [0.3, 0.4) is 0 Å². The normalized spacial score (nSPS) is 13.3. The van der Waals surface area contributed by atoms with Gasteiger partial charge in [0.25, 0.3) is 0 Å². The summed E-state index contributed by atoms with van der Waals surface area (Å²) in [7, 11) is -3.56. The highest BCUT2D eigenvalue weighted by Crippen LogP contribution is 2.07. The van der Waals surface area contributed by atoms with Crippen LogP contribution in [0.15, 0.2) is 0 Å². The van der Waals surface area contributed by atoms with E-state index in [1.165, 1.54) is 6.92 Å². The first-order valence-corrected chi connectivity index (χ1v) is 6.31. The van der Waals surface area contributed by atoms with Crippen LogP contribution in [-0.4, -0.2) is 31.5 Å². The summed E-state index contributed by atoms with van der Waals surface area (Å²) in [6.45, 7) is 4.57. The number of sulfone groups is 1. The lowest BCUT2D eigenvalue weighted by Gasteiger charge is -2.13. The highest BCUT2D eigenvalue weighted by Gasteiger charge is 2.29. The van der Waals surface area contributed by atoms with Gasteiger partial charge in [0.15, 0.2) is 15.1 Å². The summed E-state index contributed by atoms with van der Waals surface area (Å²) in [6, 6.07) is 1.73. The Labute approximate surface area is 90.0 Å². The molecule has 0 spiro atoms. The Hall–Kier alpha value is -1.09. The maximum absolute atomic E-state index is 11.5. The molecule has 0 heterocycles. The molecule has 0 rings (SSSR count). The second kappa shape index (κ2) is 5.71. The van der Waals surface area contributed by atoms with E-state index in [4.69, 9.17) is 10.00 Å². The van der Waals surface area contributed by atoms with Gasteiger partial charge in [-0.25, -0.2) is 8.42 Å². The smallest absolute Gasteiger partial charge is 0.324 e. The first kappa shape index (κ1) is 13.9. The summed E-state index contributed by atoms with van der Waals surface area (Å²) < 4.78 is 27.7. The highest BCUT2D eigenvalue weighted by molar-refractivity contribution is 7.92. The van der Waals surface area contributed by atoms with Crippen LogP contribution in [0.2, 0.25) is 0 Å². The van der Waals surface area contributed by atoms with Crippen molar-refractivity contribution in [1.29, 1.82) is 5.26 Å². The van der Waals surface area contributed by atoms with E-state index in [2.05, 4.69) is 0 Å². The molecule has 15 heavy (non-hydrogen) atoms. The van der Waals surface area contributed by atoms with Crippen molar-refractivity contribution < 1.29 is 17.9 Å². The van der Waals surface area contributed by atoms with Crippen LogP contribution in [0, 0.1) is 11.3 Å². The van der Waals surface area contributed by atoms with E-state index < -0.39 is 21.1 Å². The summed E-state index contributed by atoms with van der Waals surface area (Å²) in [5.74, 6) is -1.07. The molecule has 0 aliphatic carbocycles. The lowest BCUT2D eigenvalue weighted by molar-refractivity contribution is -0.146. The summed E-state index contributed by atoms with van der Waals surface area (Å²) in [5.41, 5.74) is 0. The van der Waals surface area contributed by atoms with Gasteiger partial charge in [0, 0.05) is 6.42 Å². The zero-order valence-corrected chi connectivity index (χ0v) is 9.87. The van der Waals surface area contributed by atoms with Crippen LogP contribution in [0.4, 0.5) is 0 Å². The molecule has 5 nitrogen and oxygen atoms in total. The maximum Gasteiger partial charge on any atom is 0.324 e. The van der Waals surface area contributed by atoms with Crippen molar-refractivity contribution in [3.63, 3.8) is 0 Å². The molecule has 0 aromatic carbocycles. The fourth-order valence-electron chi connectivity index (χ4n) is 0.839. The van der Waals surface area contributed by atoms with E-state index in [1.54, 1.807) is 19.9 Å². The zero-order chi connectivity index (χ0) is 12.1. The van der Waals surface area contributed by atoms with Crippen LogP contribution in [0.25, 0.3) is 0 Å². The summed E-state index contributed by atoms with van der Waals surface area (Å²) >= 11 is 0. The van der Waals surface area contributed by atoms with Crippen molar-refractivity contribution in [1.82, 2.24) is 0 Å². The van der Waals surface area contributed by atoms with Gasteiger partial charge in [-0.1, -0.05) is 0 Å². The number of carbonyl (C=O) groups is 1. The topological polar surface area (TPSA) is 84.2 Å². The molecule has 0 aromatic rings. The lowest BCUT2D eigenvalue weighted by atomic mass is 10.4. The number of rotatable bonds is 5. The summed E-state index contributed by atoms with van der Waals surface area (Å²) in [4.78, 5) is 11.3. The van der Waals surface area contributed by atoms with Gasteiger partial charge in [-0.05, 0) is 20.8 Å². The molecule has 0 saturated carbocycles. The Morgan fingerprint density at radius 1 is 1.40 bits per heavy atom. The van der Waals surface area contributed by atoms with Crippen molar-refractivity contribution in [2.45, 2.75) is 38.5 Å². The number of carbonyl (C=O) groups excluding carboxylic acids is 1. The Kier molecular flexibility index (Phi) is 5.29. The Morgan fingerprint density at radius 3 is 2.33 bits per heavy atom. The maximum atomic E-state index is 11.5. The van der Waals surface area contributed by atoms with Gasteiger partial charge in [-0.2, -0.15) is 5.26 Å². The average molecular weight is 233 g/mol. The van der Waals surface area contributed by atoms with E-state index in [0.717, 1.165) is 0 Å². The predicted octanol–water partition coefficient (Wildman–Crippen LogP) is 0.655. The van der Waals surface area contributed by atoms with Crippen LogP contribution in [0.1, 0.15) is 27.2 Å². The molecule has 0 aliphatic rings. The molecule has 0 radical (unpaired) electrons. The monoisotopic (exact) mass is 233 g/mol. The largest absolute Gasteiger partial charge is 0.462 e. The fourth-order valence-corrected chi connectivity index (χ4v) is 1.92. The number of nitrogens with zero attached hydrogens (tertiary/aromatic N) is 1. The van der Waals surface area contributed by atoms with E-state index in [0.29, 0.717) is 0 Å². The molecular formula is C9H15NO4S. The third kappa shape index (κ3) is 4.79. The molecule has 0 aromatic heterocycles. The first-order chi connectivity index (χ1) is 6.81. The number of ether oxygens (including phenoxy) is 1. The molecule has 0 amide bonds. The van der Waals surface area contributed by atoms with Gasteiger partial charge in [0.1, 0.15) is 0 Å². The van der Waals surface area contributed by atoms with Crippen LogP contribution in [0.5, 0.6) is 0 Å². The third-order valence-corrected chi connectivity index (χ3v) is 3.76. The fraction of sp³-hybridized carbons (Fsp3) is 0.778. The van der Waals surface area contributed by atoms with Crippen molar-refractivity contribution in [2.75, 3.05) is 5.75 Å². The van der Waals surface area contributed by atoms with Gasteiger partial charge in [0.2, 0.25) is 0 Å². The van der Waals surface area contributed by atoms with Crippen LogP contribution in [-0.2, 0) is 19.4 Å². The molecular weight excluding hydrogens is 218 g/mol. The molecule has 0 bridgehead atoms. The second-order valence-electron chi connectivity index (χ2n) is 3.40. The minimum absolute atomic E-state index is 0.109. The quantitative estimate of drug-likeness (QED) is 0.651. The molecule has 0 N–H and O–H groups in total. The number of nitriles is 1. The van der Waals surface area contributed by atoms with E-state index in [-0.39, 0.29) is 18.3 Å². The SMILES string of the molecule is CC(C)OC(=O)C(C)S(=O)(=O)CCC#N. The predicted molar refractivity (Wildman–Crippen MR) is 54.7 cm³/mol. The van der Waals surface area contributed by atoms with Gasteiger partial charge >= 0.3 is 5.97 Å². The van der Waals surface area contributed by atoms with E-state index in [9.17, 15) is 13.2 Å². The minimum atomic E-state index is -3.56. The Morgan fingerprint density at radius 2 is 1.93 bits per heavy atom. The van der Waals surface area contributed by atoms with Crippen molar-refractivity contribution >= 4 is 15.8 Å². The third-order valence-electron chi connectivity index (χ3n) is 1.72. The van der Waals surface area contributed by atoms with Gasteiger partial charge < -0.3 is 4.74 Å². The van der Waals surface area contributed by atoms with Crippen molar-refractivity contribution in [3.05, 3.63) is 0 Å². The first-order valence-electron chi connectivity index (χ1n) is 4.60. The van der Waals surface area contributed by atoms with E-state index in [1.807, 2.05) is 0 Å². The minimum Gasteiger partial charge on any atom is -0.462 e. The summed E-state index contributed by atoms with van der Waals surface area (Å²) in [6.07, 6.45) is -0.451. The molecule has 1 atom stereocenters. The van der Waals surface area contributed by atoms with Crippen LogP contribution < -0.4 is 0 Å². The standard InChI is InChI=1S/C9H15NO4S/c1-7(2)14-9(11)8(3)15(12,13)6-4-5-10/h7-8H,4,6H2,1-3H3. The molecule has 0 saturated heterocycles. The summed E-state index contributed by atoms with van der Waals surface area (Å²) in [5, 5.41) is 7.06. The Bertz CT molecular complexity index is 353. The van der Waals surface area contributed by atoms with Gasteiger partial charge in [-0.3, -0.25) is 4.79 Å². The highest BCUT2D eigenvalue weighted by atomic mass is 32.2. The van der Waals surface area contributed by atoms with Crippen molar-refractivity contribution in [2.24, 2.45) is 0 Å². The van der Waals surface area contributed by atoms with Crippen LogP contribution >= 0.6 is 0 Å². The van der Waals surface area contributed by atoms with Crippen molar-refractivity contribution in [3.8, 4) is 6.07 Å². The molecule has 1 unspecified atom stereocenters. The number of hydrogen-bond acceptors (Lipinski definition) is 5. The molecule has 0 fully saturated rings. The van der Waals surface area contributed by atoms with Gasteiger partial charge in [0.05, 0.1) is 17.9 Å². The molecule has 0 aliphatic heterocycles. The number of esters is 1. The number of hydrogen-bond donors (Lipinski definition) is 0. The average Bonchev–Trinajstić information content (AvgIpc) is 2.12. The lowest BCUT2D eigenvalue weighted by Crippen LogP contribution is -2.32. The second-order valence-corrected chi connectivity index (χ2v) is 5.84. The molecule has 86 valence electrons. The molecule has 6 heteroatoms. The Balaban J connectivity index is 4.50.